The Bertz CT molecular complexity index is 1100. The van der Waals surface area contributed by atoms with E-state index in [9.17, 15) is 14.4 Å². The summed E-state index contributed by atoms with van der Waals surface area (Å²) in [6, 6.07) is 2.25. The first-order valence-corrected chi connectivity index (χ1v) is 11.7. The van der Waals surface area contributed by atoms with Gasteiger partial charge in [-0.3, -0.25) is 4.79 Å². The predicted molar refractivity (Wildman–Crippen MR) is 118 cm³/mol. The quantitative estimate of drug-likeness (QED) is 0.348. The Morgan fingerprint density at radius 1 is 1.33 bits per heavy atom. The fourth-order valence-electron chi connectivity index (χ4n) is 3.62. The van der Waals surface area contributed by atoms with E-state index in [1.807, 2.05) is 4.57 Å². The molecule has 1 aliphatic carbocycles. The Morgan fingerprint density at radius 3 is 2.76 bits per heavy atom. The molecule has 2 aliphatic rings. The van der Waals surface area contributed by atoms with Gasteiger partial charge in [-0.15, -0.1) is 10.2 Å². The van der Waals surface area contributed by atoms with Crippen molar-refractivity contribution < 1.29 is 23.5 Å². The van der Waals surface area contributed by atoms with Gasteiger partial charge in [0, 0.05) is 30.3 Å². The van der Waals surface area contributed by atoms with Gasteiger partial charge in [0.2, 0.25) is 5.91 Å². The van der Waals surface area contributed by atoms with Gasteiger partial charge in [-0.1, -0.05) is 11.8 Å². The summed E-state index contributed by atoms with van der Waals surface area (Å²) in [6.07, 6.45) is 2.23. The zero-order chi connectivity index (χ0) is 23.5. The van der Waals surface area contributed by atoms with Crippen LogP contribution in [0.5, 0.6) is 0 Å². The number of carbonyl (C=O) groups is 3. The molecule has 33 heavy (non-hydrogen) atoms. The maximum Gasteiger partial charge on any atom is 0.338 e. The van der Waals surface area contributed by atoms with Crippen molar-refractivity contribution in [2.75, 3.05) is 12.4 Å². The molecular weight excluding hydrogens is 448 g/mol. The van der Waals surface area contributed by atoms with E-state index in [1.54, 1.807) is 26.0 Å². The molecule has 4 N–H and O–H groups in total. The van der Waals surface area contributed by atoms with Gasteiger partial charge in [0.25, 0.3) is 0 Å². The van der Waals surface area contributed by atoms with E-state index in [0.29, 0.717) is 34.8 Å². The van der Waals surface area contributed by atoms with Gasteiger partial charge in [-0.25, -0.2) is 9.59 Å². The average Bonchev–Trinajstić information content (AvgIpc) is 3.39. The van der Waals surface area contributed by atoms with Crippen LogP contribution in [0.3, 0.4) is 0 Å². The molecule has 1 unspecified atom stereocenters. The Balaban J connectivity index is 1.63. The lowest BCUT2D eigenvalue weighted by Crippen LogP contribution is -2.46. The van der Waals surface area contributed by atoms with Crippen LogP contribution in [0.4, 0.5) is 4.79 Å². The number of aromatic nitrogens is 3. The van der Waals surface area contributed by atoms with Crippen molar-refractivity contribution in [3.63, 3.8) is 0 Å². The molecule has 0 spiro atoms. The number of rotatable bonds is 10. The van der Waals surface area contributed by atoms with Crippen LogP contribution in [-0.4, -0.2) is 45.0 Å². The number of urea groups is 1. The number of ether oxygens (including phenoxy) is 1. The molecule has 12 heteroatoms. The second-order valence-corrected chi connectivity index (χ2v) is 8.81. The molecule has 2 aromatic heterocycles. The first-order valence-electron chi connectivity index (χ1n) is 10.8. The molecule has 0 saturated heterocycles. The van der Waals surface area contributed by atoms with E-state index < -0.39 is 23.9 Å². The lowest BCUT2D eigenvalue weighted by Gasteiger charge is -2.27. The Kier molecular flexibility index (Phi) is 6.72. The molecule has 0 bridgehead atoms. The first kappa shape index (κ1) is 22.9. The number of aryl methyl sites for hydroxylation is 1. The van der Waals surface area contributed by atoms with Gasteiger partial charge in [0.05, 0.1) is 12.2 Å². The number of nitrogens with one attached hydrogen (secondary N) is 2. The monoisotopic (exact) mass is 474 g/mol. The summed E-state index contributed by atoms with van der Waals surface area (Å²) in [4.78, 5) is 36.6. The van der Waals surface area contributed by atoms with Gasteiger partial charge in [0.1, 0.15) is 23.4 Å². The number of thioether (sulfide) groups is 1. The number of primary amides is 1. The molecule has 1 aliphatic heterocycles. The maximum atomic E-state index is 12.9. The molecule has 1 saturated carbocycles. The highest BCUT2D eigenvalue weighted by Gasteiger charge is 2.36. The van der Waals surface area contributed by atoms with Crippen LogP contribution in [-0.2, 0) is 20.9 Å². The second-order valence-electron chi connectivity index (χ2n) is 7.86. The van der Waals surface area contributed by atoms with Crippen LogP contribution in [0.1, 0.15) is 55.5 Å². The Labute approximate surface area is 194 Å². The van der Waals surface area contributed by atoms with Crippen molar-refractivity contribution in [2.45, 2.75) is 56.8 Å². The second kappa shape index (κ2) is 9.69. The van der Waals surface area contributed by atoms with Crippen LogP contribution < -0.4 is 16.4 Å². The Morgan fingerprint density at radius 2 is 2.12 bits per heavy atom. The number of hydrogen-bond acceptors (Lipinski definition) is 8. The number of esters is 1. The number of amides is 3. The summed E-state index contributed by atoms with van der Waals surface area (Å²) < 4.78 is 12.9. The van der Waals surface area contributed by atoms with Crippen molar-refractivity contribution >= 4 is 29.7 Å². The fourth-order valence-corrected chi connectivity index (χ4v) is 4.56. The zero-order valence-electron chi connectivity index (χ0n) is 18.4. The molecule has 3 heterocycles. The summed E-state index contributed by atoms with van der Waals surface area (Å²) in [7, 11) is 0. The summed E-state index contributed by atoms with van der Waals surface area (Å²) in [5, 5.41) is 14.6. The van der Waals surface area contributed by atoms with Crippen LogP contribution in [0.15, 0.2) is 33.0 Å². The standard InChI is InChI=1S/C21H26N6O5S/c1-3-31-19(29)16-13(23-20(30)24-17(16)14-7-4-11(2)32-14)10-33-21-26-25-18(12-5-6-12)27(21)9-8-15(22)28/h4,7,12,17H,3,5-6,8-10H2,1-2H3,(H2,22,28)(H2,23,24,30). The third-order valence-electron chi connectivity index (χ3n) is 5.31. The van der Waals surface area contributed by atoms with Crippen LogP contribution in [0.25, 0.3) is 0 Å². The molecule has 1 fully saturated rings. The molecular formula is C21H26N6O5S. The molecule has 176 valence electrons. The van der Waals surface area contributed by atoms with E-state index >= 15 is 0 Å². The molecule has 11 nitrogen and oxygen atoms in total. The normalized spacial score (nSPS) is 18.1. The minimum atomic E-state index is -0.781. The van der Waals surface area contributed by atoms with Gasteiger partial charge in [-0.05, 0) is 38.8 Å². The van der Waals surface area contributed by atoms with Gasteiger partial charge < -0.3 is 30.1 Å². The summed E-state index contributed by atoms with van der Waals surface area (Å²) in [6.45, 7) is 4.07. The highest BCUT2D eigenvalue weighted by atomic mass is 32.2. The molecule has 2 aromatic rings. The van der Waals surface area contributed by atoms with Crippen LogP contribution >= 0.6 is 11.8 Å². The molecule has 0 aromatic carbocycles. The average molecular weight is 475 g/mol. The zero-order valence-corrected chi connectivity index (χ0v) is 19.2. The molecule has 0 radical (unpaired) electrons. The first-order chi connectivity index (χ1) is 15.9. The fraction of sp³-hybridized carbons (Fsp3) is 0.476. The minimum Gasteiger partial charge on any atom is -0.464 e. The van der Waals surface area contributed by atoms with Crippen LogP contribution in [0.2, 0.25) is 0 Å². The van der Waals surface area contributed by atoms with Gasteiger partial charge >= 0.3 is 12.0 Å². The third kappa shape index (κ3) is 5.21. The highest BCUT2D eigenvalue weighted by molar-refractivity contribution is 7.99. The largest absolute Gasteiger partial charge is 0.464 e. The minimum absolute atomic E-state index is 0.169. The lowest BCUT2D eigenvalue weighted by atomic mass is 10.0. The third-order valence-corrected chi connectivity index (χ3v) is 6.30. The molecule has 3 amide bonds. The Hall–Kier alpha value is -3.28. The number of hydrogen-bond donors (Lipinski definition) is 3. The van der Waals surface area contributed by atoms with E-state index in [1.165, 1.54) is 11.8 Å². The van der Waals surface area contributed by atoms with Crippen molar-refractivity contribution in [1.82, 2.24) is 25.4 Å². The number of nitrogens with zero attached hydrogens (tertiary/aromatic N) is 3. The van der Waals surface area contributed by atoms with Crippen LogP contribution in [0, 0.1) is 6.92 Å². The van der Waals surface area contributed by atoms with Crippen molar-refractivity contribution in [1.29, 1.82) is 0 Å². The number of furan rings is 1. The summed E-state index contributed by atoms with van der Waals surface area (Å²) >= 11 is 1.31. The van der Waals surface area contributed by atoms with E-state index in [-0.39, 0.29) is 24.4 Å². The van der Waals surface area contributed by atoms with E-state index in [4.69, 9.17) is 14.9 Å². The van der Waals surface area contributed by atoms with Gasteiger partial charge in [-0.2, -0.15) is 0 Å². The van der Waals surface area contributed by atoms with Gasteiger partial charge in [0.15, 0.2) is 5.16 Å². The number of carbonyl (C=O) groups excluding carboxylic acids is 3. The highest BCUT2D eigenvalue weighted by Crippen LogP contribution is 2.40. The van der Waals surface area contributed by atoms with Crippen molar-refractivity contribution in [3.8, 4) is 0 Å². The van der Waals surface area contributed by atoms with E-state index in [0.717, 1.165) is 18.7 Å². The lowest BCUT2D eigenvalue weighted by molar-refractivity contribution is -0.139. The topological polar surface area (TPSA) is 154 Å². The molecule has 4 rings (SSSR count). The SMILES string of the molecule is CCOC(=O)C1=C(CSc2nnc(C3CC3)n2CCC(N)=O)NC(=O)NC1c1ccc(C)o1. The van der Waals surface area contributed by atoms with Crippen molar-refractivity contribution in [2.24, 2.45) is 5.73 Å². The maximum absolute atomic E-state index is 12.9. The summed E-state index contributed by atoms with van der Waals surface area (Å²) in [5.74, 6) is 1.54. The molecule has 1 atom stereocenters. The summed E-state index contributed by atoms with van der Waals surface area (Å²) in [5.41, 5.74) is 6.01. The predicted octanol–water partition coefficient (Wildman–Crippen LogP) is 1.90. The van der Waals surface area contributed by atoms with Crippen molar-refractivity contribution in [3.05, 3.63) is 40.7 Å². The smallest absolute Gasteiger partial charge is 0.338 e. The van der Waals surface area contributed by atoms with E-state index in [2.05, 4.69) is 20.8 Å². The number of nitrogens with two attached hydrogens (primary N) is 1.